The van der Waals surface area contributed by atoms with Gasteiger partial charge >= 0.3 is 0 Å². The highest BCUT2D eigenvalue weighted by atomic mass is 79.9. The van der Waals surface area contributed by atoms with Gasteiger partial charge in [-0.1, -0.05) is 22.0 Å². The molecule has 0 bridgehead atoms. The first kappa shape index (κ1) is 9.99. The largest absolute Gasteiger partial charge is 0.370 e. The topological polar surface area (TPSA) is 29.3 Å². The molecule has 0 aromatic heterocycles. The number of rotatable bonds is 1. The highest BCUT2D eigenvalue weighted by molar-refractivity contribution is 9.10. The molecule has 1 aliphatic rings. The Bertz CT molecular complexity index is 338. The molecule has 76 valence electrons. The average Bonchev–Trinajstić information content (AvgIpc) is 2.57. The summed E-state index contributed by atoms with van der Waals surface area (Å²) < 4.78 is 1.18. The van der Waals surface area contributed by atoms with Crippen molar-refractivity contribution in [3.05, 3.63) is 28.2 Å². The van der Waals surface area contributed by atoms with Gasteiger partial charge < -0.3 is 10.6 Å². The summed E-state index contributed by atoms with van der Waals surface area (Å²) in [5, 5.41) is 0. The standard InChI is InChI=1S/C11H15BrN2/c1-8-10(12)3-2-4-11(8)14-6-5-9(13)7-14/h2-4,9H,5-7,13H2,1H3. The lowest BCUT2D eigenvalue weighted by molar-refractivity contribution is 0.752. The molecule has 0 spiro atoms. The fraction of sp³-hybridized carbons (Fsp3) is 0.455. The summed E-state index contributed by atoms with van der Waals surface area (Å²) in [4.78, 5) is 2.37. The van der Waals surface area contributed by atoms with Gasteiger partial charge in [-0.2, -0.15) is 0 Å². The fourth-order valence-electron chi connectivity index (χ4n) is 1.94. The monoisotopic (exact) mass is 254 g/mol. The molecule has 14 heavy (non-hydrogen) atoms. The van der Waals surface area contributed by atoms with Crippen molar-refractivity contribution in [3.63, 3.8) is 0 Å². The number of anilines is 1. The van der Waals surface area contributed by atoms with E-state index in [2.05, 4.69) is 46.0 Å². The highest BCUT2D eigenvalue weighted by Gasteiger charge is 2.20. The lowest BCUT2D eigenvalue weighted by atomic mass is 10.2. The van der Waals surface area contributed by atoms with Crippen molar-refractivity contribution in [3.8, 4) is 0 Å². The van der Waals surface area contributed by atoms with Crippen molar-refractivity contribution < 1.29 is 0 Å². The second kappa shape index (κ2) is 3.91. The van der Waals surface area contributed by atoms with E-state index in [9.17, 15) is 0 Å². The SMILES string of the molecule is Cc1c(Br)cccc1N1CCC(N)C1. The Hall–Kier alpha value is -0.540. The molecule has 1 heterocycles. The van der Waals surface area contributed by atoms with E-state index in [0.29, 0.717) is 6.04 Å². The van der Waals surface area contributed by atoms with Crippen molar-refractivity contribution in [1.29, 1.82) is 0 Å². The van der Waals surface area contributed by atoms with Crippen LogP contribution in [0.3, 0.4) is 0 Å². The molecule has 3 heteroatoms. The summed E-state index contributed by atoms with van der Waals surface area (Å²) in [6.45, 7) is 4.21. The molecule has 2 rings (SSSR count). The van der Waals surface area contributed by atoms with Crippen LogP contribution in [-0.2, 0) is 0 Å². The van der Waals surface area contributed by atoms with Crippen molar-refractivity contribution in [2.24, 2.45) is 5.73 Å². The summed E-state index contributed by atoms with van der Waals surface area (Å²) in [5.41, 5.74) is 8.52. The quantitative estimate of drug-likeness (QED) is 0.834. The Labute approximate surface area is 93.2 Å². The van der Waals surface area contributed by atoms with Gasteiger partial charge in [-0.3, -0.25) is 0 Å². The molecule has 1 saturated heterocycles. The first-order valence-electron chi connectivity index (χ1n) is 4.94. The normalized spacial score (nSPS) is 21.6. The van der Waals surface area contributed by atoms with Gasteiger partial charge in [0.25, 0.3) is 0 Å². The zero-order chi connectivity index (χ0) is 10.1. The summed E-state index contributed by atoms with van der Waals surface area (Å²) in [6.07, 6.45) is 1.10. The van der Waals surface area contributed by atoms with E-state index in [0.717, 1.165) is 19.5 Å². The third-order valence-corrected chi connectivity index (χ3v) is 3.66. The maximum absolute atomic E-state index is 5.90. The number of hydrogen-bond acceptors (Lipinski definition) is 2. The van der Waals surface area contributed by atoms with Crippen LogP contribution in [0, 0.1) is 6.92 Å². The van der Waals surface area contributed by atoms with E-state index in [4.69, 9.17) is 5.73 Å². The predicted octanol–water partition coefficient (Wildman–Crippen LogP) is 2.29. The van der Waals surface area contributed by atoms with Crippen molar-refractivity contribution in [1.82, 2.24) is 0 Å². The average molecular weight is 255 g/mol. The summed E-state index contributed by atoms with van der Waals surface area (Å²) in [7, 11) is 0. The second-order valence-corrected chi connectivity index (χ2v) is 4.73. The number of nitrogens with zero attached hydrogens (tertiary/aromatic N) is 1. The highest BCUT2D eigenvalue weighted by Crippen LogP contribution is 2.28. The van der Waals surface area contributed by atoms with Crippen LogP contribution >= 0.6 is 15.9 Å². The number of halogens is 1. The smallest absolute Gasteiger partial charge is 0.0407 e. The third-order valence-electron chi connectivity index (χ3n) is 2.80. The van der Waals surface area contributed by atoms with Crippen molar-refractivity contribution >= 4 is 21.6 Å². The Morgan fingerprint density at radius 2 is 2.29 bits per heavy atom. The molecule has 0 amide bonds. The summed E-state index contributed by atoms with van der Waals surface area (Å²) >= 11 is 3.55. The van der Waals surface area contributed by atoms with Crippen LogP contribution in [0.4, 0.5) is 5.69 Å². The molecule has 2 nitrogen and oxygen atoms in total. The number of nitrogens with two attached hydrogens (primary N) is 1. The van der Waals surface area contributed by atoms with Gasteiger partial charge in [0.1, 0.15) is 0 Å². The van der Waals surface area contributed by atoms with Gasteiger partial charge in [0, 0.05) is 29.3 Å². The van der Waals surface area contributed by atoms with Crippen LogP contribution in [-0.4, -0.2) is 19.1 Å². The minimum absolute atomic E-state index is 0.341. The van der Waals surface area contributed by atoms with Gasteiger partial charge in [-0.05, 0) is 31.0 Å². The molecule has 1 fully saturated rings. The molecule has 1 atom stereocenters. The maximum Gasteiger partial charge on any atom is 0.0407 e. The van der Waals surface area contributed by atoms with Crippen LogP contribution in [0.5, 0.6) is 0 Å². The van der Waals surface area contributed by atoms with Crippen LogP contribution in [0.25, 0.3) is 0 Å². The Balaban J connectivity index is 2.28. The molecule has 1 aromatic carbocycles. The minimum Gasteiger partial charge on any atom is -0.370 e. The Morgan fingerprint density at radius 3 is 2.93 bits per heavy atom. The van der Waals surface area contributed by atoms with E-state index in [1.165, 1.54) is 15.7 Å². The first-order chi connectivity index (χ1) is 6.68. The van der Waals surface area contributed by atoms with Crippen LogP contribution in [0.15, 0.2) is 22.7 Å². The molecule has 0 saturated carbocycles. The van der Waals surface area contributed by atoms with E-state index < -0.39 is 0 Å². The molecule has 1 unspecified atom stereocenters. The summed E-state index contributed by atoms with van der Waals surface area (Å²) in [5.74, 6) is 0. The summed E-state index contributed by atoms with van der Waals surface area (Å²) in [6, 6.07) is 6.66. The van der Waals surface area contributed by atoms with Crippen molar-refractivity contribution in [2.75, 3.05) is 18.0 Å². The zero-order valence-electron chi connectivity index (χ0n) is 8.33. The fourth-order valence-corrected chi connectivity index (χ4v) is 2.30. The lowest BCUT2D eigenvalue weighted by Gasteiger charge is -2.21. The van der Waals surface area contributed by atoms with E-state index in [-0.39, 0.29) is 0 Å². The number of benzene rings is 1. The van der Waals surface area contributed by atoms with Gasteiger partial charge in [-0.15, -0.1) is 0 Å². The maximum atomic E-state index is 5.90. The van der Waals surface area contributed by atoms with Crippen LogP contribution in [0.1, 0.15) is 12.0 Å². The van der Waals surface area contributed by atoms with Crippen LogP contribution in [0.2, 0.25) is 0 Å². The molecule has 0 aliphatic carbocycles. The molecule has 0 radical (unpaired) electrons. The van der Waals surface area contributed by atoms with E-state index in [1.807, 2.05) is 0 Å². The van der Waals surface area contributed by atoms with E-state index in [1.54, 1.807) is 0 Å². The van der Waals surface area contributed by atoms with E-state index >= 15 is 0 Å². The molecular weight excluding hydrogens is 240 g/mol. The minimum atomic E-state index is 0.341. The molecule has 2 N–H and O–H groups in total. The molecule has 1 aliphatic heterocycles. The first-order valence-corrected chi connectivity index (χ1v) is 5.73. The molecule has 1 aromatic rings. The number of hydrogen-bond donors (Lipinski definition) is 1. The van der Waals surface area contributed by atoms with Gasteiger partial charge in [0.2, 0.25) is 0 Å². The Kier molecular flexibility index (Phi) is 2.79. The predicted molar refractivity (Wildman–Crippen MR) is 63.7 cm³/mol. The Morgan fingerprint density at radius 1 is 1.50 bits per heavy atom. The molecular formula is C11H15BrN2. The van der Waals surface area contributed by atoms with Crippen LogP contribution < -0.4 is 10.6 Å². The second-order valence-electron chi connectivity index (χ2n) is 3.88. The lowest BCUT2D eigenvalue weighted by Crippen LogP contribution is -2.26. The third kappa shape index (κ3) is 1.79. The van der Waals surface area contributed by atoms with Crippen molar-refractivity contribution in [2.45, 2.75) is 19.4 Å². The van der Waals surface area contributed by atoms with Gasteiger partial charge in [0.05, 0.1) is 0 Å². The van der Waals surface area contributed by atoms with Gasteiger partial charge in [-0.25, -0.2) is 0 Å². The van der Waals surface area contributed by atoms with Gasteiger partial charge in [0.15, 0.2) is 0 Å². The zero-order valence-corrected chi connectivity index (χ0v) is 9.92.